The summed E-state index contributed by atoms with van der Waals surface area (Å²) in [5, 5.41) is 19.1. The molecule has 0 radical (unpaired) electrons. The predicted molar refractivity (Wildman–Crippen MR) is 55.9 cm³/mol. The van der Waals surface area contributed by atoms with Gasteiger partial charge in [0.1, 0.15) is 5.75 Å². The van der Waals surface area contributed by atoms with Gasteiger partial charge in [-0.1, -0.05) is 0 Å². The molecule has 2 nitrogen and oxygen atoms in total. The number of phenolic OH excluding ortho intramolecular Hbond substituents is 1. The second-order valence-corrected chi connectivity index (χ2v) is 4.09. The van der Waals surface area contributed by atoms with Crippen molar-refractivity contribution in [2.45, 2.75) is 26.9 Å². The minimum Gasteiger partial charge on any atom is -0.506 e. The third kappa shape index (κ3) is 1.86. The minimum atomic E-state index is -0.642. The highest BCUT2D eigenvalue weighted by atomic mass is 79.9. The van der Waals surface area contributed by atoms with Crippen LogP contribution in [0.15, 0.2) is 10.5 Å². The van der Waals surface area contributed by atoms with E-state index in [9.17, 15) is 10.2 Å². The molecule has 0 fully saturated rings. The number of rotatable bonds is 1. The van der Waals surface area contributed by atoms with Crippen molar-refractivity contribution < 1.29 is 10.2 Å². The average molecular weight is 245 g/mol. The van der Waals surface area contributed by atoms with Crippen LogP contribution in [-0.2, 0) is 0 Å². The van der Waals surface area contributed by atoms with E-state index in [1.165, 1.54) is 0 Å². The van der Waals surface area contributed by atoms with Crippen molar-refractivity contribution in [2.24, 2.45) is 0 Å². The molecule has 1 atom stereocenters. The number of aliphatic hydroxyl groups excluding tert-OH is 1. The first kappa shape index (κ1) is 10.5. The zero-order chi connectivity index (χ0) is 10.2. The first-order valence-electron chi connectivity index (χ1n) is 4.11. The number of aromatic hydroxyl groups is 1. The van der Waals surface area contributed by atoms with Crippen LogP contribution in [0.4, 0.5) is 0 Å². The van der Waals surface area contributed by atoms with Gasteiger partial charge >= 0.3 is 0 Å². The second kappa shape index (κ2) is 3.68. The van der Waals surface area contributed by atoms with Gasteiger partial charge in [-0.3, -0.25) is 0 Å². The summed E-state index contributed by atoms with van der Waals surface area (Å²) in [6, 6.07) is 1.84. The van der Waals surface area contributed by atoms with Crippen molar-refractivity contribution in [1.29, 1.82) is 0 Å². The number of halogens is 1. The molecule has 0 aliphatic carbocycles. The van der Waals surface area contributed by atoms with Crippen LogP contribution in [0.25, 0.3) is 0 Å². The fraction of sp³-hybridized carbons (Fsp3) is 0.400. The van der Waals surface area contributed by atoms with Crippen LogP contribution >= 0.6 is 15.9 Å². The Morgan fingerprint density at radius 3 is 2.38 bits per heavy atom. The van der Waals surface area contributed by atoms with Crippen molar-refractivity contribution in [3.8, 4) is 5.75 Å². The van der Waals surface area contributed by atoms with Gasteiger partial charge in [-0.2, -0.15) is 0 Å². The molecule has 72 valence electrons. The summed E-state index contributed by atoms with van der Waals surface area (Å²) in [5.41, 5.74) is 2.60. The molecule has 0 bridgehead atoms. The van der Waals surface area contributed by atoms with E-state index in [2.05, 4.69) is 15.9 Å². The fourth-order valence-electron chi connectivity index (χ4n) is 1.40. The Morgan fingerprint density at radius 1 is 1.38 bits per heavy atom. The smallest absolute Gasteiger partial charge is 0.135 e. The highest BCUT2D eigenvalue weighted by Gasteiger charge is 2.15. The molecule has 1 rings (SSSR count). The molecule has 0 aliphatic heterocycles. The normalized spacial score (nSPS) is 13.0. The summed E-state index contributed by atoms with van der Waals surface area (Å²) < 4.78 is 0.631. The van der Waals surface area contributed by atoms with Crippen LogP contribution in [0, 0.1) is 13.8 Å². The topological polar surface area (TPSA) is 40.5 Å². The lowest BCUT2D eigenvalue weighted by molar-refractivity contribution is 0.194. The number of aliphatic hydroxyl groups is 1. The third-order valence-electron chi connectivity index (χ3n) is 2.24. The molecule has 0 aliphatic rings. The maximum Gasteiger partial charge on any atom is 0.135 e. The number of hydrogen-bond donors (Lipinski definition) is 2. The summed E-state index contributed by atoms with van der Waals surface area (Å²) in [6.07, 6.45) is -0.642. The largest absolute Gasteiger partial charge is 0.506 e. The van der Waals surface area contributed by atoms with Crippen molar-refractivity contribution in [3.05, 3.63) is 27.2 Å². The van der Waals surface area contributed by atoms with E-state index >= 15 is 0 Å². The average Bonchev–Trinajstić information content (AvgIpc) is 2.01. The van der Waals surface area contributed by atoms with Gasteiger partial charge in [-0.15, -0.1) is 0 Å². The molecule has 0 amide bonds. The predicted octanol–water partition coefficient (Wildman–Crippen LogP) is 2.82. The van der Waals surface area contributed by atoms with Gasteiger partial charge in [0.25, 0.3) is 0 Å². The van der Waals surface area contributed by atoms with Crippen molar-refractivity contribution in [3.63, 3.8) is 0 Å². The highest BCUT2D eigenvalue weighted by Crippen LogP contribution is 2.36. The fourth-order valence-corrected chi connectivity index (χ4v) is 1.95. The van der Waals surface area contributed by atoms with Gasteiger partial charge in [0.05, 0.1) is 10.6 Å². The summed E-state index contributed by atoms with van der Waals surface area (Å²) >= 11 is 3.24. The Labute approximate surface area is 86.3 Å². The molecular formula is C10H13BrO2. The van der Waals surface area contributed by atoms with E-state index in [0.29, 0.717) is 10.0 Å². The quantitative estimate of drug-likeness (QED) is 0.798. The Hall–Kier alpha value is -0.540. The zero-order valence-electron chi connectivity index (χ0n) is 7.93. The third-order valence-corrected chi connectivity index (χ3v) is 2.84. The van der Waals surface area contributed by atoms with Crippen LogP contribution < -0.4 is 0 Å². The van der Waals surface area contributed by atoms with Crippen LogP contribution in [-0.4, -0.2) is 10.2 Å². The SMILES string of the molecule is Cc1cc(Br)c(O)c(C(C)O)c1C. The number of hydrogen-bond acceptors (Lipinski definition) is 2. The van der Waals surface area contributed by atoms with Gasteiger partial charge in [-0.05, 0) is 53.9 Å². The Morgan fingerprint density at radius 2 is 1.92 bits per heavy atom. The van der Waals surface area contributed by atoms with E-state index in [1.807, 2.05) is 19.9 Å². The van der Waals surface area contributed by atoms with Gasteiger partial charge in [0, 0.05) is 5.56 Å². The van der Waals surface area contributed by atoms with Crippen molar-refractivity contribution in [2.75, 3.05) is 0 Å². The highest BCUT2D eigenvalue weighted by molar-refractivity contribution is 9.10. The number of aryl methyl sites for hydroxylation is 1. The van der Waals surface area contributed by atoms with E-state index in [-0.39, 0.29) is 5.75 Å². The van der Waals surface area contributed by atoms with Gasteiger partial charge < -0.3 is 10.2 Å². The molecule has 0 spiro atoms. The molecule has 2 N–H and O–H groups in total. The summed E-state index contributed by atoms with van der Waals surface area (Å²) in [4.78, 5) is 0. The van der Waals surface area contributed by atoms with Crippen LogP contribution in [0.5, 0.6) is 5.75 Å². The monoisotopic (exact) mass is 244 g/mol. The Balaban J connectivity index is 3.46. The van der Waals surface area contributed by atoms with Gasteiger partial charge in [0.15, 0.2) is 0 Å². The molecule has 1 aromatic carbocycles. The number of benzene rings is 1. The maximum atomic E-state index is 9.67. The molecule has 0 saturated heterocycles. The molecule has 1 unspecified atom stereocenters. The van der Waals surface area contributed by atoms with Crippen molar-refractivity contribution >= 4 is 15.9 Å². The summed E-state index contributed by atoms with van der Waals surface area (Å²) in [6.45, 7) is 5.49. The lowest BCUT2D eigenvalue weighted by Crippen LogP contribution is -1.98. The van der Waals surface area contributed by atoms with Gasteiger partial charge in [-0.25, -0.2) is 0 Å². The molecule has 0 saturated carbocycles. The zero-order valence-corrected chi connectivity index (χ0v) is 9.51. The van der Waals surface area contributed by atoms with E-state index in [0.717, 1.165) is 11.1 Å². The molecule has 13 heavy (non-hydrogen) atoms. The lowest BCUT2D eigenvalue weighted by Gasteiger charge is -2.14. The minimum absolute atomic E-state index is 0.137. The second-order valence-electron chi connectivity index (χ2n) is 3.24. The molecular weight excluding hydrogens is 232 g/mol. The molecule has 0 heterocycles. The first-order chi connectivity index (χ1) is 5.95. The molecule has 3 heteroatoms. The van der Waals surface area contributed by atoms with E-state index in [1.54, 1.807) is 6.92 Å². The molecule has 1 aromatic rings. The standard InChI is InChI=1S/C10H13BrO2/c1-5-4-8(11)10(13)9(6(5)2)7(3)12/h4,7,12-13H,1-3H3. The van der Waals surface area contributed by atoms with Gasteiger partial charge in [0.2, 0.25) is 0 Å². The summed E-state index contributed by atoms with van der Waals surface area (Å²) in [5.74, 6) is 0.137. The van der Waals surface area contributed by atoms with E-state index in [4.69, 9.17) is 0 Å². The Bertz CT molecular complexity index is 306. The first-order valence-corrected chi connectivity index (χ1v) is 4.91. The summed E-state index contributed by atoms with van der Waals surface area (Å²) in [7, 11) is 0. The Kier molecular flexibility index (Phi) is 2.98. The van der Waals surface area contributed by atoms with Crippen LogP contribution in [0.3, 0.4) is 0 Å². The lowest BCUT2D eigenvalue weighted by atomic mass is 9.99. The van der Waals surface area contributed by atoms with E-state index < -0.39 is 6.10 Å². The van der Waals surface area contributed by atoms with Crippen LogP contribution in [0.2, 0.25) is 0 Å². The van der Waals surface area contributed by atoms with Crippen molar-refractivity contribution in [1.82, 2.24) is 0 Å². The maximum absolute atomic E-state index is 9.67. The van der Waals surface area contributed by atoms with Crippen LogP contribution in [0.1, 0.15) is 29.7 Å². The number of phenols is 1. The molecule has 0 aromatic heterocycles.